The third-order valence-corrected chi connectivity index (χ3v) is 6.64. The van der Waals surface area contributed by atoms with Crippen LogP contribution in [0, 0.1) is 0 Å². The summed E-state index contributed by atoms with van der Waals surface area (Å²) in [5.41, 5.74) is 0.625. The van der Waals surface area contributed by atoms with Gasteiger partial charge in [0.05, 0.1) is 10.8 Å². The van der Waals surface area contributed by atoms with Crippen LogP contribution in [0.5, 0.6) is 11.5 Å². The number of benzene rings is 3. The lowest BCUT2D eigenvalue weighted by Crippen LogP contribution is -2.50. The second kappa shape index (κ2) is 11.3. The lowest BCUT2D eigenvalue weighted by atomic mass is 10.1. The Balaban J connectivity index is 1.12. The number of para-hydroxylation sites is 2. The van der Waals surface area contributed by atoms with E-state index in [0.29, 0.717) is 45.9 Å². The van der Waals surface area contributed by atoms with Gasteiger partial charge < -0.3 is 19.0 Å². The van der Waals surface area contributed by atoms with Crippen LogP contribution >= 0.6 is 11.6 Å². The normalized spacial score (nSPS) is 15.8. The number of rotatable bonds is 9. The third kappa shape index (κ3) is 5.82. The first-order valence-electron chi connectivity index (χ1n) is 12.2. The summed E-state index contributed by atoms with van der Waals surface area (Å²) >= 11 is 6.08. The Kier molecular flexibility index (Phi) is 7.72. The van der Waals surface area contributed by atoms with E-state index in [1.165, 1.54) is 0 Å². The molecule has 1 atom stereocenters. The van der Waals surface area contributed by atoms with Gasteiger partial charge in [0.1, 0.15) is 30.7 Å². The summed E-state index contributed by atoms with van der Waals surface area (Å²) in [6.45, 7) is 5.75. The minimum atomic E-state index is -0.671. The molecule has 3 aromatic carbocycles. The average molecular weight is 509 g/mol. The van der Waals surface area contributed by atoms with E-state index in [9.17, 15) is 9.90 Å². The van der Waals surface area contributed by atoms with Crippen LogP contribution in [0.3, 0.4) is 0 Å². The molecular weight excluding hydrogens is 480 g/mol. The van der Waals surface area contributed by atoms with Crippen LogP contribution in [0.4, 0.5) is 0 Å². The Bertz CT molecular complexity index is 1370. The van der Waals surface area contributed by atoms with Crippen LogP contribution in [0.15, 0.2) is 75.9 Å². The molecule has 8 heteroatoms. The fourth-order valence-corrected chi connectivity index (χ4v) is 4.64. The lowest BCUT2D eigenvalue weighted by molar-refractivity contribution is 0.0437. The van der Waals surface area contributed by atoms with Gasteiger partial charge in [0.25, 0.3) is 0 Å². The SMILES string of the molecule is O=c1c2ccc(Cl)cc2oc2c(OCC(O)CN3CCN(CCOc4ccccc4)CC3)cccc12. The van der Waals surface area contributed by atoms with Gasteiger partial charge in [-0.1, -0.05) is 35.9 Å². The summed E-state index contributed by atoms with van der Waals surface area (Å²) in [6.07, 6.45) is -0.671. The van der Waals surface area contributed by atoms with E-state index in [4.69, 9.17) is 25.5 Å². The zero-order valence-corrected chi connectivity index (χ0v) is 20.7. The quantitative estimate of drug-likeness (QED) is 0.342. The molecular formula is C28H29ClN2O5. The highest BCUT2D eigenvalue weighted by Gasteiger charge is 2.20. The van der Waals surface area contributed by atoms with Crippen molar-refractivity contribution in [2.45, 2.75) is 6.10 Å². The molecule has 0 spiro atoms. The standard InChI is InChI=1S/C28H29ClN2O5/c29-20-9-10-23-26(17-20)36-28-24(27(23)33)7-4-8-25(28)35-19-21(32)18-31-13-11-30(12-14-31)15-16-34-22-5-2-1-3-6-22/h1-10,17,21,32H,11-16,18-19H2. The molecule has 5 rings (SSSR count). The lowest BCUT2D eigenvalue weighted by Gasteiger charge is -2.35. The van der Waals surface area contributed by atoms with E-state index in [1.807, 2.05) is 30.3 Å². The number of aliphatic hydroxyl groups excluding tert-OH is 1. The van der Waals surface area contributed by atoms with E-state index in [2.05, 4.69) is 9.80 Å². The van der Waals surface area contributed by atoms with Crippen LogP contribution in [-0.4, -0.2) is 73.5 Å². The van der Waals surface area contributed by atoms with Crippen molar-refractivity contribution in [1.82, 2.24) is 9.80 Å². The molecule has 0 radical (unpaired) electrons. The second-order valence-corrected chi connectivity index (χ2v) is 9.41. The zero-order valence-electron chi connectivity index (χ0n) is 19.9. The van der Waals surface area contributed by atoms with Gasteiger partial charge in [0, 0.05) is 50.4 Å². The van der Waals surface area contributed by atoms with Crippen LogP contribution in [-0.2, 0) is 0 Å². The van der Waals surface area contributed by atoms with Crippen LogP contribution in [0.1, 0.15) is 0 Å². The van der Waals surface area contributed by atoms with Crippen molar-refractivity contribution in [1.29, 1.82) is 0 Å². The Morgan fingerprint density at radius 2 is 1.69 bits per heavy atom. The van der Waals surface area contributed by atoms with Crippen molar-refractivity contribution in [3.05, 3.63) is 82.0 Å². The maximum Gasteiger partial charge on any atom is 0.200 e. The minimum absolute atomic E-state index is 0.0987. The van der Waals surface area contributed by atoms with Crippen molar-refractivity contribution in [3.8, 4) is 11.5 Å². The van der Waals surface area contributed by atoms with Crippen molar-refractivity contribution in [3.63, 3.8) is 0 Å². The highest BCUT2D eigenvalue weighted by atomic mass is 35.5. The number of halogens is 1. The highest BCUT2D eigenvalue weighted by molar-refractivity contribution is 6.31. The molecule has 4 aromatic rings. The number of aliphatic hydroxyl groups is 1. The van der Waals surface area contributed by atoms with E-state index in [1.54, 1.807) is 36.4 Å². The topological polar surface area (TPSA) is 75.4 Å². The number of hydrogen-bond donors (Lipinski definition) is 1. The van der Waals surface area contributed by atoms with Crippen LogP contribution < -0.4 is 14.9 Å². The maximum atomic E-state index is 12.9. The molecule has 0 bridgehead atoms. The second-order valence-electron chi connectivity index (χ2n) is 8.97. The highest BCUT2D eigenvalue weighted by Crippen LogP contribution is 2.28. The summed E-state index contributed by atoms with van der Waals surface area (Å²) in [6, 6.07) is 20.0. The summed E-state index contributed by atoms with van der Waals surface area (Å²) < 4.78 is 17.7. The molecule has 0 saturated carbocycles. The fraction of sp³-hybridized carbons (Fsp3) is 0.321. The molecule has 1 aliphatic rings. The Morgan fingerprint density at radius 1 is 0.917 bits per heavy atom. The summed E-state index contributed by atoms with van der Waals surface area (Å²) in [4.78, 5) is 17.5. The molecule has 36 heavy (non-hydrogen) atoms. The first kappa shape index (κ1) is 24.6. The molecule has 1 aromatic heterocycles. The van der Waals surface area contributed by atoms with Gasteiger partial charge in [-0.25, -0.2) is 0 Å². The minimum Gasteiger partial charge on any atom is -0.492 e. The number of β-amino-alcohol motifs (C(OH)–C–C–N with tert-alkyl or cyclic N) is 1. The molecule has 0 amide bonds. The van der Waals surface area contributed by atoms with Crippen molar-refractivity contribution in [2.75, 3.05) is 52.5 Å². The van der Waals surface area contributed by atoms with Crippen LogP contribution in [0.2, 0.25) is 5.02 Å². The largest absolute Gasteiger partial charge is 0.492 e. The molecule has 2 heterocycles. The summed E-state index contributed by atoms with van der Waals surface area (Å²) in [5, 5.41) is 12.0. The first-order valence-corrected chi connectivity index (χ1v) is 12.5. The molecule has 1 saturated heterocycles. The zero-order chi connectivity index (χ0) is 24.9. The van der Waals surface area contributed by atoms with Crippen molar-refractivity contribution < 1.29 is 19.0 Å². The molecule has 1 fully saturated rings. The molecule has 0 aliphatic carbocycles. The molecule has 188 valence electrons. The Hall–Kier alpha value is -3.10. The van der Waals surface area contributed by atoms with Crippen molar-refractivity contribution in [2.24, 2.45) is 0 Å². The smallest absolute Gasteiger partial charge is 0.200 e. The monoisotopic (exact) mass is 508 g/mol. The number of fused-ring (bicyclic) bond motifs is 2. The first-order chi connectivity index (χ1) is 17.6. The van der Waals surface area contributed by atoms with Crippen molar-refractivity contribution >= 4 is 33.5 Å². The van der Waals surface area contributed by atoms with E-state index in [-0.39, 0.29) is 12.0 Å². The van der Waals surface area contributed by atoms with Gasteiger partial charge in [0.2, 0.25) is 5.43 Å². The molecule has 1 aliphatic heterocycles. The third-order valence-electron chi connectivity index (χ3n) is 6.41. The maximum absolute atomic E-state index is 12.9. The predicted molar refractivity (Wildman–Crippen MR) is 141 cm³/mol. The molecule has 7 nitrogen and oxygen atoms in total. The Morgan fingerprint density at radius 3 is 2.50 bits per heavy atom. The van der Waals surface area contributed by atoms with Gasteiger partial charge >= 0.3 is 0 Å². The number of hydrogen-bond acceptors (Lipinski definition) is 7. The number of nitrogens with zero attached hydrogens (tertiary/aromatic N) is 2. The average Bonchev–Trinajstić information content (AvgIpc) is 2.89. The van der Waals surface area contributed by atoms with E-state index in [0.717, 1.165) is 38.5 Å². The predicted octanol–water partition coefficient (Wildman–Crippen LogP) is 4.04. The van der Waals surface area contributed by atoms with Gasteiger partial charge in [-0.15, -0.1) is 0 Å². The summed E-state index contributed by atoms with van der Waals surface area (Å²) in [5.74, 6) is 1.32. The summed E-state index contributed by atoms with van der Waals surface area (Å²) in [7, 11) is 0. The van der Waals surface area contributed by atoms with Gasteiger partial charge in [0.15, 0.2) is 11.3 Å². The van der Waals surface area contributed by atoms with Gasteiger partial charge in [-0.05, 0) is 36.4 Å². The molecule has 1 N–H and O–H groups in total. The van der Waals surface area contributed by atoms with Gasteiger partial charge in [-0.3, -0.25) is 14.6 Å². The number of piperazine rings is 1. The van der Waals surface area contributed by atoms with Gasteiger partial charge in [-0.2, -0.15) is 0 Å². The number of ether oxygens (including phenoxy) is 2. The fourth-order valence-electron chi connectivity index (χ4n) is 4.48. The van der Waals surface area contributed by atoms with E-state index >= 15 is 0 Å². The molecule has 1 unspecified atom stereocenters. The Labute approximate surface area is 214 Å². The van der Waals surface area contributed by atoms with E-state index < -0.39 is 6.10 Å². The van der Waals surface area contributed by atoms with Crippen LogP contribution in [0.25, 0.3) is 21.9 Å².